The van der Waals surface area contributed by atoms with E-state index in [1.807, 2.05) is 6.92 Å². The third-order valence-electron chi connectivity index (χ3n) is 2.26. The minimum atomic E-state index is -0.593. The van der Waals surface area contributed by atoms with Crippen molar-refractivity contribution in [1.82, 2.24) is 0 Å². The lowest BCUT2D eigenvalue weighted by atomic mass is 10.1. The van der Waals surface area contributed by atoms with Crippen LogP contribution in [0.5, 0.6) is 0 Å². The van der Waals surface area contributed by atoms with E-state index < -0.39 is 5.82 Å². The molecule has 0 aliphatic carbocycles. The van der Waals surface area contributed by atoms with Gasteiger partial charge in [-0.15, -0.1) is 11.3 Å². The van der Waals surface area contributed by atoms with Crippen LogP contribution in [0.1, 0.15) is 20.1 Å². The molecule has 0 radical (unpaired) electrons. The van der Waals surface area contributed by atoms with Gasteiger partial charge in [-0.25, -0.2) is 4.39 Å². The molecule has 0 saturated carbocycles. The molecule has 2 rings (SSSR count). The Morgan fingerprint density at radius 1 is 1.41 bits per heavy atom. The Labute approximate surface area is 115 Å². The molecular formula is C12H7BrClFOS. The quantitative estimate of drug-likeness (QED) is 0.719. The van der Waals surface area contributed by atoms with Crippen LogP contribution in [0.4, 0.5) is 4.39 Å². The highest BCUT2D eigenvalue weighted by atomic mass is 79.9. The van der Waals surface area contributed by atoms with Crippen molar-refractivity contribution in [2.45, 2.75) is 6.92 Å². The molecule has 88 valence electrons. The zero-order chi connectivity index (χ0) is 12.6. The van der Waals surface area contributed by atoms with E-state index in [2.05, 4.69) is 15.9 Å². The molecular weight excluding hydrogens is 327 g/mol. The van der Waals surface area contributed by atoms with E-state index in [1.54, 1.807) is 6.07 Å². The number of rotatable bonds is 2. The maximum Gasteiger partial charge on any atom is 0.205 e. The van der Waals surface area contributed by atoms with Gasteiger partial charge in [0.2, 0.25) is 5.78 Å². The molecule has 2 aromatic rings. The van der Waals surface area contributed by atoms with Gasteiger partial charge in [0.1, 0.15) is 5.82 Å². The standard InChI is InChI=1S/C12H7BrClFOS/c1-6-9(13)5-11(17-6)12(16)8-3-2-7(14)4-10(8)15/h2-5H,1H3. The van der Waals surface area contributed by atoms with Crippen molar-refractivity contribution >= 4 is 44.7 Å². The molecule has 0 N–H and O–H groups in total. The Morgan fingerprint density at radius 2 is 2.12 bits per heavy atom. The van der Waals surface area contributed by atoms with Gasteiger partial charge in [-0.1, -0.05) is 11.6 Å². The van der Waals surface area contributed by atoms with E-state index in [9.17, 15) is 9.18 Å². The van der Waals surface area contributed by atoms with E-state index in [0.717, 1.165) is 15.4 Å². The Kier molecular flexibility index (Phi) is 3.66. The molecule has 1 heterocycles. The Balaban J connectivity index is 2.43. The number of benzene rings is 1. The molecule has 1 aromatic heterocycles. The third-order valence-corrected chi connectivity index (χ3v) is 4.63. The van der Waals surface area contributed by atoms with Crippen molar-refractivity contribution in [3.8, 4) is 0 Å². The van der Waals surface area contributed by atoms with Gasteiger partial charge in [0.25, 0.3) is 0 Å². The van der Waals surface area contributed by atoms with Gasteiger partial charge >= 0.3 is 0 Å². The summed E-state index contributed by atoms with van der Waals surface area (Å²) in [6.45, 7) is 1.89. The summed E-state index contributed by atoms with van der Waals surface area (Å²) in [5.41, 5.74) is 0.0446. The van der Waals surface area contributed by atoms with Crippen molar-refractivity contribution < 1.29 is 9.18 Å². The first-order valence-electron chi connectivity index (χ1n) is 4.74. The first kappa shape index (κ1) is 12.7. The van der Waals surface area contributed by atoms with Gasteiger partial charge < -0.3 is 0 Å². The zero-order valence-corrected chi connectivity index (χ0v) is 11.9. The summed E-state index contributed by atoms with van der Waals surface area (Å²) in [5, 5.41) is 0.280. The number of thiophene rings is 1. The molecule has 0 aliphatic heterocycles. The maximum atomic E-state index is 13.6. The van der Waals surface area contributed by atoms with E-state index >= 15 is 0 Å². The first-order valence-corrected chi connectivity index (χ1v) is 6.73. The predicted octanol–water partition coefficient (Wildman–Crippen LogP) is 4.84. The molecule has 0 atom stereocenters. The number of carbonyl (C=O) groups excluding carboxylic acids is 1. The second-order valence-corrected chi connectivity index (χ2v) is 6.02. The molecule has 1 aromatic carbocycles. The maximum absolute atomic E-state index is 13.6. The molecule has 0 unspecified atom stereocenters. The van der Waals surface area contributed by atoms with Gasteiger partial charge in [-0.2, -0.15) is 0 Å². The summed E-state index contributed by atoms with van der Waals surface area (Å²) in [6.07, 6.45) is 0. The largest absolute Gasteiger partial charge is 0.288 e. The number of ketones is 1. The summed E-state index contributed by atoms with van der Waals surface area (Å²) in [7, 11) is 0. The molecule has 1 nitrogen and oxygen atoms in total. The van der Waals surface area contributed by atoms with Crippen LogP contribution in [0.25, 0.3) is 0 Å². The SMILES string of the molecule is Cc1sc(C(=O)c2ccc(Cl)cc2F)cc1Br. The molecule has 0 spiro atoms. The summed E-state index contributed by atoms with van der Waals surface area (Å²) in [4.78, 5) is 13.5. The fourth-order valence-electron chi connectivity index (χ4n) is 1.38. The molecule has 17 heavy (non-hydrogen) atoms. The highest BCUT2D eigenvalue weighted by molar-refractivity contribution is 9.10. The van der Waals surface area contributed by atoms with Gasteiger partial charge in [-0.05, 0) is 47.1 Å². The van der Waals surface area contributed by atoms with Gasteiger partial charge in [0, 0.05) is 14.4 Å². The Hall–Kier alpha value is -0.710. The van der Waals surface area contributed by atoms with Crippen LogP contribution in [0, 0.1) is 12.7 Å². The van der Waals surface area contributed by atoms with Crippen molar-refractivity contribution in [3.05, 3.63) is 54.9 Å². The summed E-state index contributed by atoms with van der Waals surface area (Å²) >= 11 is 10.3. The highest BCUT2D eigenvalue weighted by Crippen LogP contribution is 2.29. The van der Waals surface area contributed by atoms with E-state index in [0.29, 0.717) is 4.88 Å². The molecule has 0 bridgehead atoms. The Morgan fingerprint density at radius 3 is 2.65 bits per heavy atom. The predicted molar refractivity (Wildman–Crippen MR) is 71.6 cm³/mol. The highest BCUT2D eigenvalue weighted by Gasteiger charge is 2.17. The molecule has 5 heteroatoms. The monoisotopic (exact) mass is 332 g/mol. The summed E-state index contributed by atoms with van der Waals surface area (Å²) in [5.74, 6) is -0.914. The second-order valence-electron chi connectivity index (χ2n) is 3.47. The molecule has 0 aliphatic rings. The van der Waals surface area contributed by atoms with Crippen molar-refractivity contribution in [3.63, 3.8) is 0 Å². The van der Waals surface area contributed by atoms with Gasteiger partial charge in [0.15, 0.2) is 0 Å². The minimum absolute atomic E-state index is 0.0446. The Bertz CT molecular complexity index is 575. The number of halogens is 3. The number of aryl methyl sites for hydroxylation is 1. The fourth-order valence-corrected chi connectivity index (χ4v) is 3.03. The normalized spacial score (nSPS) is 10.6. The molecule has 0 amide bonds. The van der Waals surface area contributed by atoms with E-state index in [1.165, 1.54) is 23.5 Å². The van der Waals surface area contributed by atoms with Crippen LogP contribution < -0.4 is 0 Å². The minimum Gasteiger partial charge on any atom is -0.288 e. The van der Waals surface area contributed by atoms with E-state index in [-0.39, 0.29) is 16.4 Å². The van der Waals surface area contributed by atoms with E-state index in [4.69, 9.17) is 11.6 Å². The molecule has 0 fully saturated rings. The number of carbonyl (C=O) groups is 1. The first-order chi connectivity index (χ1) is 7.99. The smallest absolute Gasteiger partial charge is 0.205 e. The van der Waals surface area contributed by atoms with Crippen LogP contribution in [-0.4, -0.2) is 5.78 Å². The topological polar surface area (TPSA) is 17.1 Å². The van der Waals surface area contributed by atoms with Gasteiger partial charge in [0.05, 0.1) is 10.4 Å². The number of hydrogen-bond acceptors (Lipinski definition) is 2. The fraction of sp³-hybridized carbons (Fsp3) is 0.0833. The average molecular weight is 334 g/mol. The van der Waals surface area contributed by atoms with Crippen LogP contribution >= 0.6 is 38.9 Å². The van der Waals surface area contributed by atoms with Crippen molar-refractivity contribution in [2.75, 3.05) is 0 Å². The lowest BCUT2D eigenvalue weighted by molar-refractivity contribution is 0.103. The van der Waals surface area contributed by atoms with Crippen molar-refractivity contribution in [1.29, 1.82) is 0 Å². The third kappa shape index (κ3) is 2.59. The number of hydrogen-bond donors (Lipinski definition) is 0. The van der Waals surface area contributed by atoms with Gasteiger partial charge in [-0.3, -0.25) is 4.79 Å². The second kappa shape index (κ2) is 4.88. The van der Waals surface area contributed by atoms with Crippen molar-refractivity contribution in [2.24, 2.45) is 0 Å². The van der Waals surface area contributed by atoms with Crippen LogP contribution in [-0.2, 0) is 0 Å². The summed E-state index contributed by atoms with van der Waals surface area (Å²) < 4.78 is 14.4. The lowest BCUT2D eigenvalue weighted by Crippen LogP contribution is -2.01. The zero-order valence-electron chi connectivity index (χ0n) is 8.76. The summed E-state index contributed by atoms with van der Waals surface area (Å²) in [6, 6.07) is 5.76. The average Bonchev–Trinajstić information content (AvgIpc) is 2.58. The van der Waals surface area contributed by atoms with Crippen LogP contribution in [0.15, 0.2) is 28.7 Å². The van der Waals surface area contributed by atoms with Crippen LogP contribution in [0.2, 0.25) is 5.02 Å². The molecule has 0 saturated heterocycles. The van der Waals surface area contributed by atoms with Crippen LogP contribution in [0.3, 0.4) is 0 Å². The lowest BCUT2D eigenvalue weighted by Gasteiger charge is -2.00.